The fourth-order valence-corrected chi connectivity index (χ4v) is 4.60. The van der Waals surface area contributed by atoms with Crippen LogP contribution in [0, 0.1) is 18.6 Å². The van der Waals surface area contributed by atoms with Crippen LogP contribution < -0.4 is 0 Å². The van der Waals surface area contributed by atoms with E-state index in [1.165, 1.54) is 28.8 Å². The molecule has 3 aromatic carbocycles. The summed E-state index contributed by atoms with van der Waals surface area (Å²) in [7, 11) is -3.88. The van der Waals surface area contributed by atoms with Gasteiger partial charge in [-0.2, -0.15) is 0 Å². The van der Waals surface area contributed by atoms with E-state index in [0.717, 1.165) is 17.9 Å². The highest BCUT2D eigenvalue weighted by atomic mass is 35.5. The Morgan fingerprint density at radius 3 is 2.28 bits per heavy atom. The van der Waals surface area contributed by atoms with Crippen LogP contribution in [0.1, 0.15) is 5.56 Å². The van der Waals surface area contributed by atoms with E-state index in [1.54, 1.807) is 24.3 Å². The van der Waals surface area contributed by atoms with Gasteiger partial charge in [-0.05, 0) is 43.3 Å². The van der Waals surface area contributed by atoms with Crippen LogP contribution in [0.4, 0.5) is 8.78 Å². The van der Waals surface area contributed by atoms with Crippen LogP contribution >= 0.6 is 23.2 Å². The summed E-state index contributed by atoms with van der Waals surface area (Å²) in [5.41, 5.74) is 1.76. The highest BCUT2D eigenvalue weighted by Crippen LogP contribution is 2.38. The Kier molecular flexibility index (Phi) is 5.83. The molecule has 0 saturated heterocycles. The van der Waals surface area contributed by atoms with Gasteiger partial charge in [0.1, 0.15) is 11.6 Å². The van der Waals surface area contributed by atoms with Crippen molar-refractivity contribution in [3.63, 3.8) is 0 Å². The summed E-state index contributed by atoms with van der Waals surface area (Å²) in [6, 6.07) is 15.3. The number of benzene rings is 3. The number of rotatable bonds is 4. The summed E-state index contributed by atoms with van der Waals surface area (Å²) in [4.78, 5) is 4.40. The number of hydrogen-bond donors (Lipinski definition) is 0. The normalized spacial score (nSPS) is 11.7. The first kappa shape index (κ1) is 22.5. The van der Waals surface area contributed by atoms with Crippen LogP contribution in [0.3, 0.4) is 0 Å². The maximum absolute atomic E-state index is 15.2. The number of imidazole rings is 1. The SMILES string of the molecule is Cc1cccc(-c2nc(S(C)(=O)=O)c(-c3ccc(F)c(Cl)c3)n2-c2cccc(Cl)c2F)c1. The number of halogens is 4. The lowest BCUT2D eigenvalue weighted by Gasteiger charge is -2.15. The zero-order valence-electron chi connectivity index (χ0n) is 16.9. The second-order valence-corrected chi connectivity index (χ2v) is 10.0. The number of aromatic nitrogens is 2. The van der Waals surface area contributed by atoms with Crippen molar-refractivity contribution < 1.29 is 17.2 Å². The Hall–Kier alpha value is -2.74. The van der Waals surface area contributed by atoms with E-state index in [9.17, 15) is 12.8 Å². The number of hydrogen-bond acceptors (Lipinski definition) is 3. The zero-order valence-corrected chi connectivity index (χ0v) is 19.2. The third-order valence-electron chi connectivity index (χ3n) is 4.84. The molecule has 4 nitrogen and oxygen atoms in total. The quantitative estimate of drug-likeness (QED) is 0.326. The number of nitrogens with zero attached hydrogens (tertiary/aromatic N) is 2. The average molecular weight is 493 g/mol. The molecule has 0 spiro atoms. The van der Waals surface area contributed by atoms with Crippen LogP contribution in [-0.4, -0.2) is 24.2 Å². The molecular formula is C23H16Cl2F2N2O2S. The van der Waals surface area contributed by atoms with E-state index in [1.807, 2.05) is 13.0 Å². The highest BCUT2D eigenvalue weighted by Gasteiger charge is 2.29. The molecule has 0 unspecified atom stereocenters. The maximum Gasteiger partial charge on any atom is 0.194 e. The van der Waals surface area contributed by atoms with Gasteiger partial charge in [0.05, 0.1) is 21.4 Å². The fourth-order valence-electron chi connectivity index (χ4n) is 3.43. The molecule has 4 aromatic rings. The topological polar surface area (TPSA) is 52.0 Å². The third-order valence-corrected chi connectivity index (χ3v) is 6.41. The zero-order chi connectivity index (χ0) is 23.2. The molecule has 0 atom stereocenters. The van der Waals surface area contributed by atoms with Crippen molar-refractivity contribution in [3.05, 3.63) is 87.9 Å². The summed E-state index contributed by atoms with van der Waals surface area (Å²) in [6.07, 6.45) is 1.00. The summed E-state index contributed by atoms with van der Waals surface area (Å²) in [5, 5.41) is -0.648. The minimum Gasteiger partial charge on any atom is -0.288 e. The number of aryl methyl sites for hydroxylation is 1. The predicted molar refractivity (Wildman–Crippen MR) is 122 cm³/mol. The molecule has 0 radical (unpaired) electrons. The lowest BCUT2D eigenvalue weighted by molar-refractivity contribution is 0.599. The third kappa shape index (κ3) is 4.03. The highest BCUT2D eigenvalue weighted by molar-refractivity contribution is 7.90. The number of sulfone groups is 1. The van der Waals surface area contributed by atoms with E-state index in [4.69, 9.17) is 23.2 Å². The van der Waals surface area contributed by atoms with Gasteiger partial charge in [0.2, 0.25) is 0 Å². The lowest BCUT2D eigenvalue weighted by Crippen LogP contribution is -2.05. The largest absolute Gasteiger partial charge is 0.288 e. The van der Waals surface area contributed by atoms with E-state index in [-0.39, 0.29) is 37.8 Å². The smallest absolute Gasteiger partial charge is 0.194 e. The molecule has 0 N–H and O–H groups in total. The van der Waals surface area contributed by atoms with Gasteiger partial charge in [0, 0.05) is 17.4 Å². The molecule has 1 aromatic heterocycles. The summed E-state index contributed by atoms with van der Waals surface area (Å²) in [5.74, 6) is -1.24. The van der Waals surface area contributed by atoms with Gasteiger partial charge in [-0.25, -0.2) is 22.2 Å². The van der Waals surface area contributed by atoms with Crippen molar-refractivity contribution >= 4 is 33.0 Å². The standard InChI is InChI=1S/C23H16Cl2F2N2O2S/c1-13-5-3-6-15(11-13)22-28-23(32(2,30)31)21(14-9-10-18(26)17(25)12-14)29(22)19-8-4-7-16(24)20(19)27/h3-12H,1-2H3. The first-order valence-corrected chi connectivity index (χ1v) is 12.0. The minimum absolute atomic E-state index is 0.00754. The van der Waals surface area contributed by atoms with Crippen molar-refractivity contribution in [2.45, 2.75) is 11.9 Å². The van der Waals surface area contributed by atoms with E-state index < -0.39 is 21.5 Å². The summed E-state index contributed by atoms with van der Waals surface area (Å²) in [6.45, 7) is 1.87. The van der Waals surface area contributed by atoms with E-state index in [0.29, 0.717) is 5.56 Å². The van der Waals surface area contributed by atoms with Crippen molar-refractivity contribution in [2.75, 3.05) is 6.26 Å². The van der Waals surface area contributed by atoms with Gasteiger partial charge >= 0.3 is 0 Å². The van der Waals surface area contributed by atoms with Crippen LogP contribution in [0.15, 0.2) is 65.7 Å². The van der Waals surface area contributed by atoms with E-state index in [2.05, 4.69) is 4.98 Å². The lowest BCUT2D eigenvalue weighted by atomic mass is 10.1. The van der Waals surface area contributed by atoms with Crippen LogP contribution in [0.5, 0.6) is 0 Å². The molecule has 0 amide bonds. The second kappa shape index (κ2) is 8.31. The molecule has 32 heavy (non-hydrogen) atoms. The molecule has 1 heterocycles. The van der Waals surface area contributed by atoms with Crippen molar-refractivity contribution in [2.24, 2.45) is 0 Å². The molecule has 0 aliphatic rings. The molecule has 0 aliphatic heterocycles. The van der Waals surface area contributed by atoms with Gasteiger partial charge < -0.3 is 0 Å². The molecule has 9 heteroatoms. The maximum atomic E-state index is 15.2. The molecule has 0 saturated carbocycles. The molecule has 164 valence electrons. The first-order chi connectivity index (χ1) is 15.1. The van der Waals surface area contributed by atoms with Crippen molar-refractivity contribution in [3.8, 4) is 28.3 Å². The minimum atomic E-state index is -3.88. The van der Waals surface area contributed by atoms with E-state index >= 15 is 4.39 Å². The Bertz CT molecular complexity index is 1470. The van der Waals surface area contributed by atoms with Gasteiger partial charge in [-0.1, -0.05) is 53.0 Å². The molecular weight excluding hydrogens is 477 g/mol. The fraction of sp³-hybridized carbons (Fsp3) is 0.0870. The summed E-state index contributed by atoms with van der Waals surface area (Å²) >= 11 is 12.0. The molecule has 0 aliphatic carbocycles. The Morgan fingerprint density at radius 2 is 1.62 bits per heavy atom. The second-order valence-electron chi connectivity index (χ2n) is 7.27. The average Bonchev–Trinajstić information content (AvgIpc) is 3.13. The monoisotopic (exact) mass is 492 g/mol. The Labute approximate surface area is 194 Å². The molecule has 4 rings (SSSR count). The van der Waals surface area contributed by atoms with Crippen molar-refractivity contribution in [1.29, 1.82) is 0 Å². The molecule has 0 bridgehead atoms. The molecule has 0 fully saturated rings. The van der Waals surface area contributed by atoms with Crippen LogP contribution in [-0.2, 0) is 9.84 Å². The van der Waals surface area contributed by atoms with Gasteiger partial charge in [-0.3, -0.25) is 4.57 Å². The summed E-state index contributed by atoms with van der Waals surface area (Å²) < 4.78 is 55.9. The van der Waals surface area contributed by atoms with Crippen LogP contribution in [0.25, 0.3) is 28.3 Å². The Morgan fingerprint density at radius 1 is 0.906 bits per heavy atom. The van der Waals surface area contributed by atoms with Gasteiger partial charge in [0.25, 0.3) is 0 Å². The first-order valence-electron chi connectivity index (χ1n) is 9.37. The predicted octanol–water partition coefficient (Wildman–Crippen LogP) is 6.50. The Balaban J connectivity index is 2.20. The van der Waals surface area contributed by atoms with Gasteiger partial charge in [-0.15, -0.1) is 0 Å². The van der Waals surface area contributed by atoms with Gasteiger partial charge in [0.15, 0.2) is 20.7 Å². The van der Waals surface area contributed by atoms with Crippen molar-refractivity contribution in [1.82, 2.24) is 9.55 Å². The van der Waals surface area contributed by atoms with Crippen LogP contribution in [0.2, 0.25) is 10.0 Å².